The van der Waals surface area contributed by atoms with Gasteiger partial charge in [0.2, 0.25) is 5.70 Å². The molecule has 0 saturated carbocycles. The van der Waals surface area contributed by atoms with Crippen molar-refractivity contribution in [3.63, 3.8) is 0 Å². The normalized spacial score (nSPS) is 11.4. The zero-order chi connectivity index (χ0) is 9.84. The van der Waals surface area contributed by atoms with E-state index in [9.17, 15) is 10.1 Å². The SMILES string of the molecule is C/C(=C/c1cncc(Br)c1)[N+](=O)[O-]. The fraction of sp³-hybridized carbons (Fsp3) is 0.125. The Kier molecular flexibility index (Phi) is 3.13. The Balaban J connectivity index is 2.97. The van der Waals surface area contributed by atoms with Gasteiger partial charge in [-0.3, -0.25) is 15.1 Å². The van der Waals surface area contributed by atoms with Gasteiger partial charge in [0.15, 0.2) is 0 Å². The molecular weight excluding hydrogens is 236 g/mol. The van der Waals surface area contributed by atoms with Gasteiger partial charge in [-0.05, 0) is 22.0 Å². The standard InChI is InChI=1S/C8H7BrN2O2/c1-6(11(12)13)2-7-3-8(9)5-10-4-7/h2-5H,1H3/b6-2-. The first-order chi connectivity index (χ1) is 6.09. The lowest BCUT2D eigenvalue weighted by molar-refractivity contribution is -0.422. The molecule has 0 unspecified atom stereocenters. The molecule has 5 heteroatoms. The fourth-order valence-corrected chi connectivity index (χ4v) is 1.18. The van der Waals surface area contributed by atoms with Crippen molar-refractivity contribution < 1.29 is 4.92 Å². The first-order valence-corrected chi connectivity index (χ1v) is 4.32. The molecule has 1 rings (SSSR count). The molecule has 0 spiro atoms. The molecule has 4 nitrogen and oxygen atoms in total. The Labute approximate surface area is 83.6 Å². The average Bonchev–Trinajstić information content (AvgIpc) is 2.04. The summed E-state index contributed by atoms with van der Waals surface area (Å²) in [6.45, 7) is 1.45. The zero-order valence-electron chi connectivity index (χ0n) is 6.90. The lowest BCUT2D eigenvalue weighted by Gasteiger charge is -1.93. The highest BCUT2D eigenvalue weighted by Gasteiger charge is 2.01. The molecule has 0 amide bonds. The highest BCUT2D eigenvalue weighted by Crippen LogP contribution is 2.12. The van der Waals surface area contributed by atoms with Crippen molar-refractivity contribution in [3.05, 3.63) is 44.3 Å². The number of hydrogen-bond donors (Lipinski definition) is 0. The summed E-state index contributed by atoms with van der Waals surface area (Å²) >= 11 is 3.23. The van der Waals surface area contributed by atoms with Crippen LogP contribution in [0.25, 0.3) is 6.08 Å². The van der Waals surface area contributed by atoms with E-state index in [1.807, 2.05) is 0 Å². The maximum Gasteiger partial charge on any atom is 0.243 e. The van der Waals surface area contributed by atoms with Gasteiger partial charge in [-0.25, -0.2) is 0 Å². The first-order valence-electron chi connectivity index (χ1n) is 3.53. The molecule has 0 saturated heterocycles. The Bertz CT molecular complexity index is 363. The van der Waals surface area contributed by atoms with Gasteiger partial charge in [0, 0.05) is 35.4 Å². The fourth-order valence-electron chi connectivity index (χ4n) is 0.801. The number of halogens is 1. The molecule has 0 aliphatic heterocycles. The summed E-state index contributed by atoms with van der Waals surface area (Å²) in [5.41, 5.74) is 0.809. The van der Waals surface area contributed by atoms with Gasteiger partial charge < -0.3 is 0 Å². The predicted molar refractivity (Wildman–Crippen MR) is 52.6 cm³/mol. The number of nitrogens with zero attached hydrogens (tertiary/aromatic N) is 2. The Morgan fingerprint density at radius 3 is 2.92 bits per heavy atom. The summed E-state index contributed by atoms with van der Waals surface area (Å²) in [7, 11) is 0. The van der Waals surface area contributed by atoms with Crippen LogP contribution < -0.4 is 0 Å². The summed E-state index contributed by atoms with van der Waals surface area (Å²) in [6, 6.07) is 1.76. The minimum absolute atomic E-state index is 0.0971. The van der Waals surface area contributed by atoms with Crippen LogP contribution in [0.2, 0.25) is 0 Å². The Morgan fingerprint density at radius 1 is 1.69 bits per heavy atom. The maximum atomic E-state index is 10.3. The number of rotatable bonds is 2. The van der Waals surface area contributed by atoms with Crippen LogP contribution in [0.5, 0.6) is 0 Å². The third-order valence-electron chi connectivity index (χ3n) is 1.39. The second-order valence-electron chi connectivity index (χ2n) is 2.48. The quantitative estimate of drug-likeness (QED) is 0.592. The van der Waals surface area contributed by atoms with Gasteiger partial charge in [-0.15, -0.1) is 0 Å². The van der Waals surface area contributed by atoms with E-state index >= 15 is 0 Å². The van der Waals surface area contributed by atoms with E-state index in [2.05, 4.69) is 20.9 Å². The van der Waals surface area contributed by atoms with Gasteiger partial charge in [0.25, 0.3) is 0 Å². The lowest BCUT2D eigenvalue weighted by Crippen LogP contribution is -1.93. The van der Waals surface area contributed by atoms with Crippen LogP contribution in [0.1, 0.15) is 12.5 Å². The highest BCUT2D eigenvalue weighted by molar-refractivity contribution is 9.10. The van der Waals surface area contributed by atoms with Crippen molar-refractivity contribution in [3.8, 4) is 0 Å². The molecule has 68 valence electrons. The average molecular weight is 243 g/mol. The predicted octanol–water partition coefficient (Wildman–Crippen LogP) is 2.48. The van der Waals surface area contributed by atoms with Crippen molar-refractivity contribution in [2.45, 2.75) is 6.92 Å². The summed E-state index contributed by atoms with van der Waals surface area (Å²) < 4.78 is 0.803. The van der Waals surface area contributed by atoms with Crippen molar-refractivity contribution in [1.82, 2.24) is 4.98 Å². The Hall–Kier alpha value is -1.23. The van der Waals surface area contributed by atoms with E-state index in [1.165, 1.54) is 13.0 Å². The molecule has 0 atom stereocenters. The van der Waals surface area contributed by atoms with Crippen molar-refractivity contribution in [1.29, 1.82) is 0 Å². The van der Waals surface area contributed by atoms with Gasteiger partial charge in [-0.1, -0.05) is 0 Å². The molecule has 1 aromatic rings. The molecule has 0 bridgehead atoms. The van der Waals surface area contributed by atoms with Crippen LogP contribution in [0.15, 0.2) is 28.6 Å². The first kappa shape index (κ1) is 9.85. The topological polar surface area (TPSA) is 56.0 Å². The molecule has 1 heterocycles. The summed E-state index contributed by atoms with van der Waals surface area (Å²) in [5, 5.41) is 10.3. The minimum atomic E-state index is -0.430. The summed E-state index contributed by atoms with van der Waals surface area (Å²) in [4.78, 5) is 13.7. The molecule has 0 aromatic carbocycles. The van der Waals surface area contributed by atoms with E-state index in [1.54, 1.807) is 18.5 Å². The van der Waals surface area contributed by atoms with Crippen LogP contribution >= 0.6 is 15.9 Å². The molecule has 0 aliphatic carbocycles. The van der Waals surface area contributed by atoms with Gasteiger partial charge in [-0.2, -0.15) is 0 Å². The van der Waals surface area contributed by atoms with Gasteiger partial charge in [0.1, 0.15) is 0 Å². The second-order valence-corrected chi connectivity index (χ2v) is 3.39. The van der Waals surface area contributed by atoms with E-state index in [0.717, 1.165) is 4.47 Å². The smallest absolute Gasteiger partial charge is 0.243 e. The van der Waals surface area contributed by atoms with Crippen LogP contribution in [0.3, 0.4) is 0 Å². The highest BCUT2D eigenvalue weighted by atomic mass is 79.9. The third-order valence-corrected chi connectivity index (χ3v) is 1.82. The molecule has 0 radical (unpaired) electrons. The van der Waals surface area contributed by atoms with Crippen LogP contribution in [-0.4, -0.2) is 9.91 Å². The van der Waals surface area contributed by atoms with Gasteiger partial charge in [0.05, 0.1) is 4.92 Å². The molecule has 13 heavy (non-hydrogen) atoms. The molecular formula is C8H7BrN2O2. The lowest BCUT2D eigenvalue weighted by atomic mass is 10.2. The second kappa shape index (κ2) is 4.13. The number of pyridine rings is 1. The third kappa shape index (κ3) is 2.95. The number of nitro groups is 1. The van der Waals surface area contributed by atoms with Gasteiger partial charge >= 0.3 is 0 Å². The molecule has 0 aliphatic rings. The van der Waals surface area contributed by atoms with E-state index in [0.29, 0.717) is 5.56 Å². The number of allylic oxidation sites excluding steroid dienone is 1. The van der Waals surface area contributed by atoms with Crippen molar-refractivity contribution in [2.24, 2.45) is 0 Å². The minimum Gasteiger partial charge on any atom is -0.263 e. The summed E-state index contributed by atoms with van der Waals surface area (Å²) in [6.07, 6.45) is 4.66. The number of aromatic nitrogens is 1. The van der Waals surface area contributed by atoms with E-state index in [4.69, 9.17) is 0 Å². The van der Waals surface area contributed by atoms with Crippen LogP contribution in [0.4, 0.5) is 0 Å². The van der Waals surface area contributed by atoms with E-state index in [-0.39, 0.29) is 5.70 Å². The van der Waals surface area contributed by atoms with Crippen LogP contribution in [-0.2, 0) is 0 Å². The van der Waals surface area contributed by atoms with Crippen LogP contribution in [0, 0.1) is 10.1 Å². The molecule has 0 N–H and O–H groups in total. The zero-order valence-corrected chi connectivity index (χ0v) is 8.48. The maximum absolute atomic E-state index is 10.3. The largest absolute Gasteiger partial charge is 0.263 e. The molecule has 0 fully saturated rings. The summed E-state index contributed by atoms with van der Waals surface area (Å²) in [5.74, 6) is 0. The van der Waals surface area contributed by atoms with Crippen molar-refractivity contribution in [2.75, 3.05) is 0 Å². The van der Waals surface area contributed by atoms with Crippen molar-refractivity contribution >= 4 is 22.0 Å². The monoisotopic (exact) mass is 242 g/mol. The number of hydrogen-bond acceptors (Lipinski definition) is 3. The van der Waals surface area contributed by atoms with E-state index < -0.39 is 4.92 Å². The Morgan fingerprint density at radius 2 is 2.38 bits per heavy atom. The molecule has 1 aromatic heterocycles.